The number of hydrogen-bond acceptors (Lipinski definition) is 7. The van der Waals surface area contributed by atoms with Crippen molar-refractivity contribution < 1.29 is 33.3 Å². The molecule has 35 heavy (non-hydrogen) atoms. The Morgan fingerprint density at radius 1 is 0.914 bits per heavy atom. The minimum atomic E-state index is -0.657. The third kappa shape index (κ3) is 4.52. The standard InChI is InChI=1S/C26H20Cl2O7/c1-13-19(35-26(30)14-10-21(31-2)25(33-4)22(11-14)32-3)9-8-15-23(29)20(34-24(13)15)12-16-17(27)6-5-7-18(16)28/h5-12H,1-4H3/b20-12-. The zero-order valence-corrected chi connectivity index (χ0v) is 20.7. The summed E-state index contributed by atoms with van der Waals surface area (Å²) in [4.78, 5) is 25.8. The summed E-state index contributed by atoms with van der Waals surface area (Å²) in [6.45, 7) is 1.69. The molecule has 0 aromatic heterocycles. The molecule has 4 rings (SSSR count). The summed E-state index contributed by atoms with van der Waals surface area (Å²) in [5.74, 6) is 0.568. The van der Waals surface area contributed by atoms with Gasteiger partial charge in [0.1, 0.15) is 11.5 Å². The molecule has 0 saturated heterocycles. The van der Waals surface area contributed by atoms with E-state index in [0.717, 1.165) is 0 Å². The van der Waals surface area contributed by atoms with Crippen molar-refractivity contribution >= 4 is 41.0 Å². The van der Waals surface area contributed by atoms with E-state index in [9.17, 15) is 9.59 Å². The van der Waals surface area contributed by atoms with Crippen molar-refractivity contribution in [2.45, 2.75) is 6.92 Å². The molecule has 3 aromatic rings. The molecule has 1 aliphatic rings. The Balaban J connectivity index is 1.64. The second kappa shape index (κ2) is 9.90. The molecule has 7 nitrogen and oxygen atoms in total. The minimum Gasteiger partial charge on any atom is -0.493 e. The van der Waals surface area contributed by atoms with Gasteiger partial charge in [-0.1, -0.05) is 29.3 Å². The molecule has 0 N–H and O–H groups in total. The molecule has 0 radical (unpaired) electrons. The average molecular weight is 515 g/mol. The van der Waals surface area contributed by atoms with Gasteiger partial charge in [0.2, 0.25) is 11.5 Å². The van der Waals surface area contributed by atoms with E-state index in [4.69, 9.17) is 46.9 Å². The average Bonchev–Trinajstić information content (AvgIpc) is 3.17. The van der Waals surface area contributed by atoms with E-state index in [2.05, 4.69) is 0 Å². The predicted molar refractivity (Wildman–Crippen MR) is 132 cm³/mol. The highest BCUT2D eigenvalue weighted by molar-refractivity contribution is 6.37. The lowest BCUT2D eigenvalue weighted by molar-refractivity contribution is 0.0732. The van der Waals surface area contributed by atoms with Gasteiger partial charge < -0.3 is 23.7 Å². The van der Waals surface area contributed by atoms with E-state index in [-0.39, 0.29) is 22.9 Å². The number of ketones is 1. The van der Waals surface area contributed by atoms with Crippen LogP contribution in [0.4, 0.5) is 0 Å². The van der Waals surface area contributed by atoms with Gasteiger partial charge in [0.25, 0.3) is 0 Å². The van der Waals surface area contributed by atoms with Crippen molar-refractivity contribution in [3.63, 3.8) is 0 Å². The van der Waals surface area contributed by atoms with Crippen LogP contribution < -0.4 is 23.7 Å². The lowest BCUT2D eigenvalue weighted by Crippen LogP contribution is -2.10. The summed E-state index contributed by atoms with van der Waals surface area (Å²) in [6, 6.07) is 11.1. The predicted octanol–water partition coefficient (Wildman–Crippen LogP) is 6.16. The molecule has 3 aromatic carbocycles. The maximum atomic E-state index is 12.9. The molecule has 1 heterocycles. The van der Waals surface area contributed by atoms with Gasteiger partial charge in [0.15, 0.2) is 17.3 Å². The molecule has 0 atom stereocenters. The van der Waals surface area contributed by atoms with Gasteiger partial charge >= 0.3 is 5.97 Å². The largest absolute Gasteiger partial charge is 0.493 e. The number of carbonyl (C=O) groups excluding carboxylic acids is 2. The van der Waals surface area contributed by atoms with Crippen molar-refractivity contribution in [1.29, 1.82) is 0 Å². The molecule has 9 heteroatoms. The summed E-state index contributed by atoms with van der Waals surface area (Å²) >= 11 is 12.4. The Morgan fingerprint density at radius 3 is 2.11 bits per heavy atom. The van der Waals surface area contributed by atoms with E-state index in [1.807, 2.05) is 0 Å². The van der Waals surface area contributed by atoms with E-state index in [0.29, 0.717) is 49.7 Å². The number of methoxy groups -OCH3 is 3. The van der Waals surface area contributed by atoms with Gasteiger partial charge in [-0.15, -0.1) is 0 Å². The van der Waals surface area contributed by atoms with Crippen LogP contribution in [-0.4, -0.2) is 33.1 Å². The first-order valence-corrected chi connectivity index (χ1v) is 11.1. The molecule has 0 unspecified atom stereocenters. The molecule has 0 amide bonds. The number of carbonyl (C=O) groups is 2. The zero-order valence-electron chi connectivity index (χ0n) is 19.2. The summed E-state index contributed by atoms with van der Waals surface area (Å²) in [5, 5.41) is 0.767. The van der Waals surface area contributed by atoms with E-state index in [1.54, 1.807) is 25.1 Å². The Bertz CT molecular complexity index is 1330. The normalized spacial score (nSPS) is 13.3. The molecule has 1 aliphatic heterocycles. The number of rotatable bonds is 6. The van der Waals surface area contributed by atoms with Crippen molar-refractivity contribution in [3.8, 4) is 28.7 Å². The lowest BCUT2D eigenvalue weighted by atomic mass is 10.1. The van der Waals surface area contributed by atoms with Crippen molar-refractivity contribution in [1.82, 2.24) is 0 Å². The fourth-order valence-corrected chi connectivity index (χ4v) is 4.12. The van der Waals surface area contributed by atoms with Gasteiger partial charge in [-0.3, -0.25) is 4.79 Å². The molecule has 0 fully saturated rings. The number of esters is 1. The van der Waals surface area contributed by atoms with Crippen LogP contribution in [0.5, 0.6) is 28.7 Å². The van der Waals surface area contributed by atoms with Crippen molar-refractivity contribution in [2.75, 3.05) is 21.3 Å². The van der Waals surface area contributed by atoms with Crippen LogP contribution in [0.2, 0.25) is 10.0 Å². The van der Waals surface area contributed by atoms with Gasteiger partial charge in [-0.05, 0) is 49.4 Å². The quantitative estimate of drug-likeness (QED) is 0.221. The van der Waals surface area contributed by atoms with Crippen LogP contribution in [0.3, 0.4) is 0 Å². The monoisotopic (exact) mass is 514 g/mol. The number of fused-ring (bicyclic) bond motifs is 1. The highest BCUT2D eigenvalue weighted by Crippen LogP contribution is 2.41. The summed E-state index contributed by atoms with van der Waals surface area (Å²) in [7, 11) is 4.37. The van der Waals surface area contributed by atoms with E-state index < -0.39 is 5.97 Å². The summed E-state index contributed by atoms with van der Waals surface area (Å²) in [5.41, 5.74) is 1.47. The number of allylic oxidation sites excluding steroid dienone is 1. The molecule has 0 aliphatic carbocycles. The van der Waals surface area contributed by atoms with Crippen LogP contribution in [-0.2, 0) is 0 Å². The van der Waals surface area contributed by atoms with Gasteiger partial charge in [-0.25, -0.2) is 4.79 Å². The molecular weight excluding hydrogens is 495 g/mol. The van der Waals surface area contributed by atoms with Gasteiger partial charge in [0, 0.05) is 21.2 Å². The van der Waals surface area contributed by atoms with E-state index >= 15 is 0 Å². The van der Waals surface area contributed by atoms with Gasteiger partial charge in [-0.2, -0.15) is 0 Å². The second-order valence-corrected chi connectivity index (χ2v) is 8.26. The van der Waals surface area contributed by atoms with Crippen LogP contribution in [0.25, 0.3) is 6.08 Å². The maximum absolute atomic E-state index is 12.9. The fraction of sp³-hybridized carbons (Fsp3) is 0.154. The topological polar surface area (TPSA) is 80.3 Å². The third-order valence-electron chi connectivity index (χ3n) is 5.41. The lowest BCUT2D eigenvalue weighted by Gasteiger charge is -2.14. The maximum Gasteiger partial charge on any atom is 0.343 e. The van der Waals surface area contributed by atoms with E-state index in [1.165, 1.54) is 51.7 Å². The highest BCUT2D eigenvalue weighted by atomic mass is 35.5. The zero-order chi connectivity index (χ0) is 25.3. The molecule has 0 spiro atoms. The number of halogens is 2. The highest BCUT2D eigenvalue weighted by Gasteiger charge is 2.31. The number of hydrogen-bond donors (Lipinski definition) is 0. The smallest absolute Gasteiger partial charge is 0.343 e. The number of ether oxygens (including phenoxy) is 5. The fourth-order valence-electron chi connectivity index (χ4n) is 3.62. The molecular formula is C26H20Cl2O7. The van der Waals surface area contributed by atoms with Crippen LogP contribution >= 0.6 is 23.2 Å². The Labute approximate surface area is 211 Å². The Kier molecular flexibility index (Phi) is 6.91. The van der Waals surface area contributed by atoms with Crippen LogP contribution in [0, 0.1) is 6.92 Å². The first-order valence-electron chi connectivity index (χ1n) is 10.3. The summed E-state index contributed by atoms with van der Waals surface area (Å²) < 4.78 is 27.3. The number of Topliss-reactive ketones (excluding diaryl/α,β-unsaturated/α-hetero) is 1. The van der Waals surface area contributed by atoms with Crippen molar-refractivity contribution in [3.05, 3.63) is 80.5 Å². The SMILES string of the molecule is COc1cc(C(=O)Oc2ccc3c(c2C)O/C(=C\c2c(Cl)cccc2Cl)C3=O)cc(OC)c1OC. The first kappa shape index (κ1) is 24.4. The number of benzene rings is 3. The third-order valence-corrected chi connectivity index (χ3v) is 6.07. The Morgan fingerprint density at radius 2 is 1.54 bits per heavy atom. The van der Waals surface area contributed by atoms with Gasteiger partial charge in [0.05, 0.1) is 32.5 Å². The van der Waals surface area contributed by atoms with Crippen LogP contribution in [0.1, 0.15) is 31.8 Å². The minimum absolute atomic E-state index is 0.0613. The van der Waals surface area contributed by atoms with Crippen LogP contribution in [0.15, 0.2) is 48.2 Å². The first-order chi connectivity index (χ1) is 16.8. The Hall–Kier alpha value is -3.68. The van der Waals surface area contributed by atoms with Crippen molar-refractivity contribution in [2.24, 2.45) is 0 Å². The molecule has 0 saturated carbocycles. The second-order valence-electron chi connectivity index (χ2n) is 7.44. The molecule has 180 valence electrons. The summed E-state index contributed by atoms with van der Waals surface area (Å²) in [6.07, 6.45) is 1.49. The molecule has 0 bridgehead atoms.